The molecule has 1 aromatic carbocycles. The van der Waals surface area contributed by atoms with E-state index < -0.39 is 0 Å². The van der Waals surface area contributed by atoms with Gasteiger partial charge >= 0.3 is 0 Å². The average molecular weight is 351 g/mol. The summed E-state index contributed by atoms with van der Waals surface area (Å²) in [6, 6.07) is 10.0. The molecular weight excluding hydrogens is 336 g/mol. The fourth-order valence-corrected chi connectivity index (χ4v) is 3.03. The number of nitrogens with one attached hydrogen (secondary N) is 1. The molecule has 0 saturated heterocycles. The van der Waals surface area contributed by atoms with Crippen molar-refractivity contribution in [3.05, 3.63) is 56.5 Å². The van der Waals surface area contributed by atoms with Gasteiger partial charge in [-0.25, -0.2) is 4.98 Å². The largest absolute Gasteiger partial charge is 0.369 e. The van der Waals surface area contributed by atoms with Gasteiger partial charge in [0, 0.05) is 18.7 Å². The fourth-order valence-electron chi connectivity index (χ4n) is 2.31. The third-order valence-electron chi connectivity index (χ3n) is 3.48. The van der Waals surface area contributed by atoms with Crippen LogP contribution >= 0.6 is 28.1 Å². The Balaban J connectivity index is 2.06. The van der Waals surface area contributed by atoms with Gasteiger partial charge in [-0.05, 0) is 34.3 Å². The predicted octanol–water partition coefficient (Wildman–Crippen LogP) is 4.51. The van der Waals surface area contributed by atoms with Gasteiger partial charge in [0.2, 0.25) is 0 Å². The molecule has 1 aliphatic rings. The van der Waals surface area contributed by atoms with E-state index in [1.807, 2.05) is 30.3 Å². The third-order valence-corrected chi connectivity index (χ3v) is 4.84. The maximum Gasteiger partial charge on any atom is 0.144 e. The molecule has 0 aliphatic heterocycles. The van der Waals surface area contributed by atoms with Crippen LogP contribution in [0.4, 0.5) is 0 Å². The lowest BCUT2D eigenvalue weighted by Gasteiger charge is -2.17. The van der Waals surface area contributed by atoms with Gasteiger partial charge in [0.25, 0.3) is 0 Å². The van der Waals surface area contributed by atoms with Crippen molar-refractivity contribution in [3.63, 3.8) is 0 Å². The Morgan fingerprint density at radius 3 is 2.65 bits per heavy atom. The van der Waals surface area contributed by atoms with Gasteiger partial charge in [-0.2, -0.15) is 0 Å². The van der Waals surface area contributed by atoms with Gasteiger partial charge in [-0.1, -0.05) is 42.5 Å². The van der Waals surface area contributed by atoms with E-state index in [9.17, 15) is 0 Å². The highest BCUT2D eigenvalue weighted by atomic mass is 79.9. The van der Waals surface area contributed by atoms with Crippen molar-refractivity contribution in [1.29, 1.82) is 0 Å². The quantitative estimate of drug-likeness (QED) is 0.824. The van der Waals surface area contributed by atoms with Crippen LogP contribution in [0.5, 0.6) is 0 Å². The van der Waals surface area contributed by atoms with E-state index in [4.69, 9.17) is 17.0 Å². The van der Waals surface area contributed by atoms with E-state index in [2.05, 4.69) is 25.9 Å². The van der Waals surface area contributed by atoms with Crippen molar-refractivity contribution < 1.29 is 4.74 Å². The zero-order chi connectivity index (χ0) is 14.1. The second-order valence-electron chi connectivity index (χ2n) is 4.96. The smallest absolute Gasteiger partial charge is 0.144 e. The topological polar surface area (TPSA) is 37.9 Å². The Morgan fingerprint density at radius 2 is 2.05 bits per heavy atom. The number of H-pyrrole nitrogens is 1. The average Bonchev–Trinajstić information content (AvgIpc) is 3.29. The molecule has 1 unspecified atom stereocenters. The molecule has 1 fully saturated rings. The number of halogens is 1. The Morgan fingerprint density at radius 1 is 1.35 bits per heavy atom. The number of aromatic nitrogens is 2. The first kappa shape index (κ1) is 13.9. The number of aromatic amines is 1. The summed E-state index contributed by atoms with van der Waals surface area (Å²) in [7, 11) is 1.69. The standard InChI is InChI=1S/C15H15BrN2OS/c1-19-13(10-5-3-2-4-6-10)14-17-12(9-7-8-9)11(16)15(20)18-14/h2-6,9,13H,7-8H2,1H3,(H,17,18,20). The molecule has 1 aliphatic carbocycles. The van der Waals surface area contributed by atoms with Crippen molar-refractivity contribution in [2.45, 2.75) is 24.9 Å². The summed E-state index contributed by atoms with van der Waals surface area (Å²) in [5, 5.41) is 0. The Kier molecular flexibility index (Phi) is 4.01. The normalized spacial score (nSPS) is 16.1. The summed E-state index contributed by atoms with van der Waals surface area (Å²) in [5.74, 6) is 1.34. The van der Waals surface area contributed by atoms with Gasteiger partial charge < -0.3 is 9.72 Å². The molecular formula is C15H15BrN2OS. The van der Waals surface area contributed by atoms with Crippen LogP contribution in [0.3, 0.4) is 0 Å². The van der Waals surface area contributed by atoms with Crippen LogP contribution in [0, 0.1) is 4.64 Å². The lowest BCUT2D eigenvalue weighted by molar-refractivity contribution is 0.128. The minimum Gasteiger partial charge on any atom is -0.369 e. The van der Waals surface area contributed by atoms with Crippen LogP contribution in [0.25, 0.3) is 0 Å². The number of rotatable bonds is 4. The number of benzene rings is 1. The summed E-state index contributed by atoms with van der Waals surface area (Å²) < 4.78 is 7.13. The van der Waals surface area contributed by atoms with Crippen molar-refractivity contribution in [3.8, 4) is 0 Å². The van der Waals surface area contributed by atoms with Gasteiger partial charge in [0.15, 0.2) is 0 Å². The molecule has 2 aromatic rings. The summed E-state index contributed by atoms with van der Waals surface area (Å²) >= 11 is 8.90. The molecule has 0 radical (unpaired) electrons. The van der Waals surface area contributed by atoms with Gasteiger partial charge in [-0.3, -0.25) is 0 Å². The molecule has 0 amide bonds. The summed E-state index contributed by atoms with van der Waals surface area (Å²) in [4.78, 5) is 7.89. The Hall–Kier alpha value is -1.04. The molecule has 1 heterocycles. The minimum atomic E-state index is -0.219. The molecule has 1 N–H and O–H groups in total. The third kappa shape index (κ3) is 2.71. The zero-order valence-corrected chi connectivity index (χ0v) is 13.5. The van der Waals surface area contributed by atoms with Crippen LogP contribution in [0.2, 0.25) is 0 Å². The van der Waals surface area contributed by atoms with Crippen LogP contribution < -0.4 is 0 Å². The number of methoxy groups -OCH3 is 1. The summed E-state index contributed by atoms with van der Waals surface area (Å²) in [5.41, 5.74) is 2.22. The maximum absolute atomic E-state index is 5.62. The highest BCUT2D eigenvalue weighted by Gasteiger charge is 2.28. The van der Waals surface area contributed by atoms with Crippen LogP contribution in [0.1, 0.15) is 41.9 Å². The van der Waals surface area contributed by atoms with Crippen molar-refractivity contribution in [2.75, 3.05) is 7.11 Å². The lowest BCUT2D eigenvalue weighted by atomic mass is 10.1. The molecule has 1 atom stereocenters. The highest BCUT2D eigenvalue weighted by molar-refractivity contribution is 9.10. The molecule has 1 aromatic heterocycles. The molecule has 0 spiro atoms. The van der Waals surface area contributed by atoms with E-state index in [1.165, 1.54) is 12.8 Å². The zero-order valence-electron chi connectivity index (χ0n) is 11.1. The first-order valence-corrected chi connectivity index (χ1v) is 7.78. The van der Waals surface area contributed by atoms with E-state index in [0.29, 0.717) is 10.6 Å². The van der Waals surface area contributed by atoms with Crippen LogP contribution in [0.15, 0.2) is 34.8 Å². The summed E-state index contributed by atoms with van der Waals surface area (Å²) in [6.07, 6.45) is 2.19. The first-order chi connectivity index (χ1) is 9.70. The Labute approximate surface area is 131 Å². The highest BCUT2D eigenvalue weighted by Crippen LogP contribution is 2.42. The van der Waals surface area contributed by atoms with Gasteiger partial charge in [-0.15, -0.1) is 0 Å². The van der Waals surface area contributed by atoms with Crippen LogP contribution in [-0.2, 0) is 4.74 Å². The van der Waals surface area contributed by atoms with E-state index in [0.717, 1.165) is 21.6 Å². The molecule has 3 nitrogen and oxygen atoms in total. The van der Waals surface area contributed by atoms with Crippen molar-refractivity contribution >= 4 is 28.1 Å². The summed E-state index contributed by atoms with van der Waals surface area (Å²) in [6.45, 7) is 0. The second kappa shape index (κ2) is 5.76. The second-order valence-corrected chi connectivity index (χ2v) is 6.14. The molecule has 20 heavy (non-hydrogen) atoms. The number of hydrogen-bond acceptors (Lipinski definition) is 3. The van der Waals surface area contributed by atoms with Gasteiger partial charge in [0.1, 0.15) is 16.6 Å². The molecule has 5 heteroatoms. The first-order valence-electron chi connectivity index (χ1n) is 6.58. The molecule has 104 valence electrons. The monoisotopic (exact) mass is 350 g/mol. The van der Waals surface area contributed by atoms with E-state index in [1.54, 1.807) is 7.11 Å². The number of hydrogen-bond donors (Lipinski definition) is 1. The number of ether oxygens (including phenoxy) is 1. The predicted molar refractivity (Wildman–Crippen MR) is 84.4 cm³/mol. The van der Waals surface area contributed by atoms with Crippen LogP contribution in [-0.4, -0.2) is 17.1 Å². The molecule has 1 saturated carbocycles. The molecule has 3 rings (SSSR count). The lowest BCUT2D eigenvalue weighted by Crippen LogP contribution is -2.10. The van der Waals surface area contributed by atoms with Crippen molar-refractivity contribution in [2.24, 2.45) is 0 Å². The molecule has 0 bridgehead atoms. The minimum absolute atomic E-state index is 0.219. The van der Waals surface area contributed by atoms with E-state index in [-0.39, 0.29) is 6.10 Å². The fraction of sp³-hybridized carbons (Fsp3) is 0.333. The van der Waals surface area contributed by atoms with Crippen molar-refractivity contribution in [1.82, 2.24) is 9.97 Å². The maximum atomic E-state index is 5.62. The van der Waals surface area contributed by atoms with Gasteiger partial charge in [0.05, 0.1) is 4.47 Å². The SMILES string of the molecule is COC(c1ccccc1)c1nc(=S)c(Br)c(C2CC2)[nH]1. The Bertz CT molecular complexity index is 667. The van der Waals surface area contributed by atoms with E-state index >= 15 is 0 Å². The number of nitrogens with zero attached hydrogens (tertiary/aromatic N) is 1.